The van der Waals surface area contributed by atoms with Gasteiger partial charge >= 0.3 is 57.4 Å². The van der Waals surface area contributed by atoms with Gasteiger partial charge in [0, 0.05) is 13.1 Å². The van der Waals surface area contributed by atoms with Crippen LogP contribution in [0.15, 0.2) is 0 Å². The maximum absolute atomic E-state index is 10.6. The molecule has 0 aromatic heterocycles. The summed E-state index contributed by atoms with van der Waals surface area (Å²) < 4.78 is 0. The van der Waals surface area contributed by atoms with Crippen molar-refractivity contribution in [2.24, 2.45) is 5.73 Å². The largest absolute Gasteiger partial charge is 1.00 e. The zero-order valence-corrected chi connectivity index (χ0v) is 10.9. The summed E-state index contributed by atoms with van der Waals surface area (Å²) in [6.45, 7) is 5.63. The van der Waals surface area contributed by atoms with Crippen molar-refractivity contribution in [1.82, 2.24) is 4.90 Å². The molecule has 0 spiro atoms. The third-order valence-electron chi connectivity index (χ3n) is 1.30. The van der Waals surface area contributed by atoms with Crippen LogP contribution in [0.25, 0.3) is 0 Å². The number of amides is 2. The molecule has 4 heteroatoms. The van der Waals surface area contributed by atoms with E-state index in [1.165, 1.54) is 0 Å². The van der Waals surface area contributed by atoms with Gasteiger partial charge < -0.3 is 12.1 Å². The topological polar surface area (TPSA) is 46.3 Å². The molecule has 62 valence electrons. The smallest absolute Gasteiger partial charge is 1.00 e. The van der Waals surface area contributed by atoms with E-state index in [0.29, 0.717) is 0 Å². The van der Waals surface area contributed by atoms with Gasteiger partial charge in [-0.1, -0.05) is 13.8 Å². The van der Waals surface area contributed by atoms with E-state index >= 15 is 0 Å². The van der Waals surface area contributed by atoms with E-state index in [-0.39, 0.29) is 58.8 Å². The summed E-state index contributed by atoms with van der Waals surface area (Å²) >= 11 is 0. The number of hydrogen-bond acceptors (Lipinski definition) is 1. The fourth-order valence-corrected chi connectivity index (χ4v) is 0.872. The minimum absolute atomic E-state index is 0. The van der Waals surface area contributed by atoms with E-state index in [2.05, 4.69) is 0 Å². The Morgan fingerprint density at radius 1 is 1.36 bits per heavy atom. The number of rotatable bonds is 4. The average Bonchev–Trinajstić information content (AvgIpc) is 1.87. The molecule has 0 saturated heterocycles. The van der Waals surface area contributed by atoms with Gasteiger partial charge in [0.05, 0.1) is 0 Å². The Labute approximate surface area is 113 Å². The minimum atomic E-state index is -0.302. The number of nitrogens with two attached hydrogens (primary N) is 1. The third kappa shape index (κ3) is 7.27. The molecule has 0 saturated carbocycles. The van der Waals surface area contributed by atoms with E-state index in [1.54, 1.807) is 4.90 Å². The van der Waals surface area contributed by atoms with E-state index in [0.717, 1.165) is 25.9 Å². The van der Waals surface area contributed by atoms with Gasteiger partial charge in [0.1, 0.15) is 0 Å². The molecule has 0 aromatic rings. The van der Waals surface area contributed by atoms with Gasteiger partial charge in [-0.05, 0) is 12.8 Å². The molecule has 2 N–H and O–H groups in total. The molecular weight excluding hydrogens is 167 g/mol. The van der Waals surface area contributed by atoms with Crippen molar-refractivity contribution in [2.75, 3.05) is 13.1 Å². The first-order valence-corrected chi connectivity index (χ1v) is 3.76. The summed E-state index contributed by atoms with van der Waals surface area (Å²) in [5.74, 6) is 0. The first-order chi connectivity index (χ1) is 4.72. The Bertz CT molecular complexity index is 108. The Morgan fingerprint density at radius 3 is 1.91 bits per heavy atom. The summed E-state index contributed by atoms with van der Waals surface area (Å²) in [4.78, 5) is 12.3. The van der Waals surface area contributed by atoms with E-state index in [4.69, 9.17) is 5.73 Å². The summed E-state index contributed by atoms with van der Waals surface area (Å²) in [5.41, 5.74) is 5.10. The van der Waals surface area contributed by atoms with E-state index in [9.17, 15) is 4.79 Å². The van der Waals surface area contributed by atoms with Crippen LogP contribution in [0.5, 0.6) is 0 Å². The fourth-order valence-electron chi connectivity index (χ4n) is 0.872. The van der Waals surface area contributed by atoms with Gasteiger partial charge in [0.25, 0.3) is 0 Å². The fraction of sp³-hybridized carbons (Fsp3) is 0.857. The van der Waals surface area contributed by atoms with Gasteiger partial charge in [0.15, 0.2) is 0 Å². The predicted octanol–water partition coefficient (Wildman–Crippen LogP) is -1.70. The third-order valence-corrected chi connectivity index (χ3v) is 1.30. The van der Waals surface area contributed by atoms with Gasteiger partial charge in [-0.15, -0.1) is 0 Å². The van der Waals surface area contributed by atoms with Gasteiger partial charge in [-0.25, -0.2) is 4.79 Å². The average molecular weight is 184 g/mol. The number of urea groups is 1. The molecule has 0 bridgehead atoms. The monoisotopic (exact) mass is 184 g/mol. The van der Waals surface area contributed by atoms with Crippen LogP contribution in [0.3, 0.4) is 0 Å². The molecule has 0 aromatic carbocycles. The number of nitrogens with zero attached hydrogens (tertiary/aromatic N) is 1. The zero-order valence-electron chi connectivity index (χ0n) is 8.76. The molecule has 3 nitrogen and oxygen atoms in total. The molecule has 0 atom stereocenters. The van der Waals surface area contributed by atoms with Gasteiger partial charge in [-0.2, -0.15) is 0 Å². The van der Waals surface area contributed by atoms with Crippen LogP contribution in [-0.2, 0) is 0 Å². The second-order valence-electron chi connectivity index (χ2n) is 2.33. The normalized spacial score (nSPS) is 8.55. The summed E-state index contributed by atoms with van der Waals surface area (Å²) in [7, 11) is 0. The number of hydrogen-bond donors (Lipinski definition) is 1. The van der Waals surface area contributed by atoms with Crippen LogP contribution >= 0.6 is 0 Å². The Kier molecular flexibility index (Phi) is 11.8. The van der Waals surface area contributed by atoms with Crippen molar-refractivity contribution >= 4 is 6.03 Å². The maximum Gasteiger partial charge on any atom is 1.00 e. The van der Waals surface area contributed by atoms with Crippen LogP contribution in [0, 0.1) is 0 Å². The van der Waals surface area contributed by atoms with Crippen molar-refractivity contribution < 1.29 is 57.6 Å². The molecule has 11 heavy (non-hydrogen) atoms. The maximum atomic E-state index is 10.6. The SMILES string of the molecule is CCCN(CCC)C(N)=O.[H-].[K+]. The van der Waals surface area contributed by atoms with Gasteiger partial charge in [0.2, 0.25) is 0 Å². The van der Waals surface area contributed by atoms with Crippen molar-refractivity contribution in [3.8, 4) is 0 Å². The number of carbonyl (C=O) groups is 1. The first-order valence-electron chi connectivity index (χ1n) is 3.76. The number of carbonyl (C=O) groups excluding carboxylic acids is 1. The first kappa shape index (κ1) is 14.4. The van der Waals surface area contributed by atoms with Crippen molar-refractivity contribution in [3.63, 3.8) is 0 Å². The molecule has 0 unspecified atom stereocenters. The molecule has 0 aliphatic rings. The molecule has 0 aliphatic heterocycles. The van der Waals surface area contributed by atoms with Crippen LogP contribution < -0.4 is 57.1 Å². The van der Waals surface area contributed by atoms with Crippen LogP contribution in [0.1, 0.15) is 28.1 Å². The second kappa shape index (κ2) is 9.00. The van der Waals surface area contributed by atoms with Crippen LogP contribution in [-0.4, -0.2) is 24.0 Å². The van der Waals surface area contributed by atoms with E-state index < -0.39 is 0 Å². The molecule has 0 fully saturated rings. The standard InChI is InChI=1S/C7H16N2O.K.H/c1-3-5-9(6-4-2)7(8)10;;/h3-6H2,1-2H3,(H2,8,10);;/q;+1;-1. The minimum Gasteiger partial charge on any atom is -1.00 e. The van der Waals surface area contributed by atoms with Crippen LogP contribution in [0.2, 0.25) is 0 Å². The summed E-state index contributed by atoms with van der Waals surface area (Å²) in [6, 6.07) is -0.302. The van der Waals surface area contributed by atoms with Crippen molar-refractivity contribution in [3.05, 3.63) is 0 Å². The Hall–Kier alpha value is 0.906. The second-order valence-corrected chi connectivity index (χ2v) is 2.33. The molecule has 2 amide bonds. The molecule has 0 aliphatic carbocycles. The molecular formula is C7H17KN2O. The predicted molar refractivity (Wildman–Crippen MR) is 42.9 cm³/mol. The molecule has 0 radical (unpaired) electrons. The summed E-state index contributed by atoms with van der Waals surface area (Å²) in [5, 5.41) is 0. The quantitative estimate of drug-likeness (QED) is 0.520. The Balaban J connectivity index is -0.000000405. The van der Waals surface area contributed by atoms with E-state index in [1.807, 2.05) is 13.8 Å². The van der Waals surface area contributed by atoms with Crippen molar-refractivity contribution in [2.45, 2.75) is 26.7 Å². The van der Waals surface area contributed by atoms with Gasteiger partial charge in [-0.3, -0.25) is 0 Å². The van der Waals surface area contributed by atoms with Crippen molar-refractivity contribution in [1.29, 1.82) is 0 Å². The molecule has 0 rings (SSSR count). The zero-order chi connectivity index (χ0) is 7.98. The molecule has 0 heterocycles. The number of primary amides is 1. The Morgan fingerprint density at radius 2 is 1.73 bits per heavy atom. The van der Waals surface area contributed by atoms with Crippen LogP contribution in [0.4, 0.5) is 4.79 Å². The summed E-state index contributed by atoms with van der Waals surface area (Å²) in [6.07, 6.45) is 1.95.